The molecule has 75 heavy (non-hydrogen) atoms. The average Bonchev–Trinajstić information content (AvgIpc) is 4.34. The fraction of sp³-hybridized carbons (Fsp3) is 0.0685. The highest BCUT2D eigenvalue weighted by molar-refractivity contribution is 6.06. The molecular formula is C73H47NO. The monoisotopic (exact) mass is 953 g/mol. The molecule has 0 fully saturated rings. The molecule has 350 valence electrons. The van der Waals surface area contributed by atoms with E-state index in [1.54, 1.807) is 0 Å². The van der Waals surface area contributed by atoms with Crippen molar-refractivity contribution >= 4 is 38.6 Å². The molecule has 0 bridgehead atoms. The van der Waals surface area contributed by atoms with Crippen LogP contribution in [0, 0.1) is 0 Å². The maximum absolute atomic E-state index is 7.40. The van der Waals surface area contributed by atoms with Crippen LogP contribution < -0.4 is 9.64 Å². The number of hydrogen-bond acceptors (Lipinski definition) is 2. The number of ether oxygens (including phenoxy) is 1. The highest BCUT2D eigenvalue weighted by Crippen LogP contribution is 2.68. The molecule has 4 aliphatic carbocycles. The van der Waals surface area contributed by atoms with E-state index in [4.69, 9.17) is 4.74 Å². The number of fused-ring (bicyclic) bond motifs is 26. The van der Waals surface area contributed by atoms with Crippen molar-refractivity contribution < 1.29 is 4.74 Å². The van der Waals surface area contributed by atoms with Gasteiger partial charge in [0.15, 0.2) is 0 Å². The van der Waals surface area contributed by atoms with Gasteiger partial charge in [-0.3, -0.25) is 0 Å². The van der Waals surface area contributed by atoms with Crippen LogP contribution in [0.3, 0.4) is 0 Å². The van der Waals surface area contributed by atoms with E-state index in [0.29, 0.717) is 0 Å². The second-order valence-electron chi connectivity index (χ2n) is 21.7. The molecule has 0 radical (unpaired) electrons. The van der Waals surface area contributed by atoms with Crippen LogP contribution in [-0.2, 0) is 16.2 Å². The number of rotatable bonds is 3. The first-order valence-corrected chi connectivity index (χ1v) is 26.4. The maximum Gasteiger partial charge on any atom is 0.140 e. The summed E-state index contributed by atoms with van der Waals surface area (Å²) >= 11 is 0. The molecule has 1 heterocycles. The minimum atomic E-state index is -0.710. The van der Waals surface area contributed by atoms with Crippen molar-refractivity contribution in [2.75, 3.05) is 4.90 Å². The fourth-order valence-corrected chi connectivity index (χ4v) is 15.2. The topological polar surface area (TPSA) is 12.5 Å². The van der Waals surface area contributed by atoms with Gasteiger partial charge in [0.05, 0.1) is 22.2 Å². The van der Waals surface area contributed by atoms with E-state index in [2.05, 4.69) is 267 Å². The molecule has 12 aromatic rings. The maximum atomic E-state index is 7.40. The van der Waals surface area contributed by atoms with Crippen LogP contribution >= 0.6 is 0 Å². The van der Waals surface area contributed by atoms with Gasteiger partial charge < -0.3 is 9.64 Å². The number of anilines is 3. The Hall–Kier alpha value is -9.24. The zero-order valence-electron chi connectivity index (χ0n) is 41.5. The summed E-state index contributed by atoms with van der Waals surface area (Å²) in [5, 5.41) is 4.54. The summed E-state index contributed by atoms with van der Waals surface area (Å²) in [6.07, 6.45) is 0. The third-order valence-corrected chi connectivity index (χ3v) is 18.1. The molecule has 0 N–H and O–H groups in total. The SMILES string of the molecule is CC1(C)c2ccccc2-c2ccc(N(c3cccc4c3-c3ccccc3C43c4ccccc4-c4ccccc43)c3cccc4c3-c3ccccc3C43c4ccc5ccccc5c4Oc4c3ccc3ccccc43)cc21. The lowest BCUT2D eigenvalue weighted by Crippen LogP contribution is -2.32. The molecule has 2 nitrogen and oxygen atoms in total. The molecule has 17 rings (SSSR count). The third-order valence-electron chi connectivity index (χ3n) is 18.1. The van der Waals surface area contributed by atoms with Crippen LogP contribution in [0.4, 0.5) is 17.1 Å². The lowest BCUT2D eigenvalue weighted by molar-refractivity contribution is 0.447. The minimum absolute atomic E-state index is 0.212. The molecule has 0 aromatic heterocycles. The van der Waals surface area contributed by atoms with E-state index in [-0.39, 0.29) is 5.41 Å². The van der Waals surface area contributed by atoms with Gasteiger partial charge in [-0.2, -0.15) is 0 Å². The van der Waals surface area contributed by atoms with Gasteiger partial charge in [-0.1, -0.05) is 238 Å². The van der Waals surface area contributed by atoms with Crippen molar-refractivity contribution in [3.63, 3.8) is 0 Å². The van der Waals surface area contributed by atoms with Crippen molar-refractivity contribution in [2.24, 2.45) is 0 Å². The first-order chi connectivity index (χ1) is 37.0. The normalized spacial score (nSPS) is 15.2. The van der Waals surface area contributed by atoms with Crippen LogP contribution in [0.25, 0.3) is 66.1 Å². The Balaban J connectivity index is 1.00. The summed E-state index contributed by atoms with van der Waals surface area (Å²) in [7, 11) is 0. The highest BCUT2D eigenvalue weighted by Gasteiger charge is 2.55. The molecule has 2 heteroatoms. The van der Waals surface area contributed by atoms with Crippen molar-refractivity contribution in [2.45, 2.75) is 30.1 Å². The molecule has 0 amide bonds. The summed E-state index contributed by atoms with van der Waals surface area (Å²) in [6.45, 7) is 4.79. The predicted molar refractivity (Wildman–Crippen MR) is 307 cm³/mol. The molecular weight excluding hydrogens is 907 g/mol. The number of hydrogen-bond donors (Lipinski definition) is 0. The van der Waals surface area contributed by atoms with Crippen molar-refractivity contribution in [3.05, 3.63) is 304 Å². The molecule has 0 atom stereocenters. The molecule has 2 spiro atoms. The lowest BCUT2D eigenvalue weighted by Gasteiger charge is -2.40. The molecule has 1 aliphatic heterocycles. The Morgan fingerprint density at radius 3 is 1.20 bits per heavy atom. The van der Waals surface area contributed by atoms with Crippen molar-refractivity contribution in [1.82, 2.24) is 0 Å². The van der Waals surface area contributed by atoms with E-state index in [9.17, 15) is 0 Å². The quantitative estimate of drug-likeness (QED) is 0.175. The van der Waals surface area contributed by atoms with Gasteiger partial charge in [0, 0.05) is 44.1 Å². The summed E-state index contributed by atoms with van der Waals surface area (Å²) in [5.74, 6) is 1.84. The predicted octanol–water partition coefficient (Wildman–Crippen LogP) is 18.6. The van der Waals surface area contributed by atoms with Gasteiger partial charge in [-0.05, 0) is 113 Å². The van der Waals surface area contributed by atoms with Crippen molar-refractivity contribution in [3.8, 4) is 56.0 Å². The summed E-state index contributed by atoms with van der Waals surface area (Å²) in [5.41, 5.74) is 25.1. The Bertz CT molecular complexity index is 4380. The largest absolute Gasteiger partial charge is 0.455 e. The standard InChI is InChI=1S/C73H47NO/c1-71(2)55-28-12-7-23-49(55)52-40-39-46(43-64(52)71)74(65-35-17-33-60-67(65)53-26-10-15-31-58(53)72(60)56-29-13-8-24-50(56)51-25-9-14-30-57(51)72)66-36-18-34-61-68(66)54-27-11-16-32-59(54)73(61)62-41-37-44-19-3-5-21-47(44)69(62)75-70-48-22-6-4-20-45(48)38-42-63(70)73/h3-43H,1-2H3. The Kier molecular flexibility index (Phi) is 7.97. The zero-order valence-corrected chi connectivity index (χ0v) is 41.5. The zero-order chi connectivity index (χ0) is 49.4. The molecule has 0 unspecified atom stereocenters. The van der Waals surface area contributed by atoms with E-state index in [0.717, 1.165) is 61.2 Å². The summed E-state index contributed by atoms with van der Waals surface area (Å²) < 4.78 is 7.40. The molecule has 5 aliphatic rings. The molecule has 0 saturated carbocycles. The van der Waals surface area contributed by atoms with Gasteiger partial charge >= 0.3 is 0 Å². The van der Waals surface area contributed by atoms with Crippen LogP contribution in [0.1, 0.15) is 69.5 Å². The minimum Gasteiger partial charge on any atom is -0.455 e. The Labute approximate surface area is 436 Å². The summed E-state index contributed by atoms with van der Waals surface area (Å²) in [6, 6.07) is 94.0. The van der Waals surface area contributed by atoms with Crippen molar-refractivity contribution in [1.29, 1.82) is 0 Å². The molecule has 12 aromatic carbocycles. The van der Waals surface area contributed by atoms with Crippen LogP contribution in [0.2, 0.25) is 0 Å². The smallest absolute Gasteiger partial charge is 0.140 e. The second-order valence-corrected chi connectivity index (χ2v) is 21.7. The van der Waals surface area contributed by atoms with E-state index < -0.39 is 10.8 Å². The van der Waals surface area contributed by atoms with Gasteiger partial charge in [0.2, 0.25) is 0 Å². The second kappa shape index (κ2) is 14.5. The van der Waals surface area contributed by atoms with E-state index in [1.165, 1.54) is 89.0 Å². The third kappa shape index (κ3) is 4.96. The fourth-order valence-electron chi connectivity index (χ4n) is 15.2. The number of benzene rings is 12. The number of nitrogens with zero attached hydrogens (tertiary/aromatic N) is 1. The van der Waals surface area contributed by atoms with Gasteiger partial charge in [0.1, 0.15) is 11.5 Å². The van der Waals surface area contributed by atoms with Crippen LogP contribution in [0.15, 0.2) is 249 Å². The van der Waals surface area contributed by atoms with Gasteiger partial charge in [0.25, 0.3) is 0 Å². The van der Waals surface area contributed by atoms with E-state index in [1.807, 2.05) is 0 Å². The molecule has 0 saturated heterocycles. The van der Waals surface area contributed by atoms with Crippen LogP contribution in [-0.4, -0.2) is 0 Å². The first-order valence-electron chi connectivity index (χ1n) is 26.4. The lowest BCUT2D eigenvalue weighted by atomic mass is 9.65. The van der Waals surface area contributed by atoms with Gasteiger partial charge in [-0.15, -0.1) is 0 Å². The Morgan fingerprint density at radius 1 is 0.293 bits per heavy atom. The Morgan fingerprint density at radius 2 is 0.680 bits per heavy atom. The van der Waals surface area contributed by atoms with E-state index >= 15 is 0 Å². The first kappa shape index (κ1) is 41.3. The summed E-state index contributed by atoms with van der Waals surface area (Å²) in [4.78, 5) is 2.64. The average molecular weight is 954 g/mol. The van der Waals surface area contributed by atoms with Crippen LogP contribution in [0.5, 0.6) is 11.5 Å². The van der Waals surface area contributed by atoms with Gasteiger partial charge in [-0.25, -0.2) is 0 Å². The highest BCUT2D eigenvalue weighted by atomic mass is 16.5.